The Labute approximate surface area is 123 Å². The Morgan fingerprint density at radius 2 is 2.19 bits per heavy atom. The zero-order valence-corrected chi connectivity index (χ0v) is 12.1. The Bertz CT molecular complexity index is 556. The number of carbonyl (C=O) groups is 2. The fraction of sp³-hybridized carbons (Fsp3) is 0.643. The van der Waals surface area contributed by atoms with Gasteiger partial charge in [-0.25, -0.2) is 4.79 Å². The lowest BCUT2D eigenvalue weighted by Crippen LogP contribution is -2.52. The minimum absolute atomic E-state index is 0.0506. The summed E-state index contributed by atoms with van der Waals surface area (Å²) in [7, 11) is 0. The van der Waals surface area contributed by atoms with Crippen molar-refractivity contribution in [2.75, 3.05) is 26.2 Å². The van der Waals surface area contributed by atoms with Crippen LogP contribution >= 0.6 is 0 Å². The van der Waals surface area contributed by atoms with Crippen LogP contribution in [0.5, 0.6) is 0 Å². The van der Waals surface area contributed by atoms with Gasteiger partial charge in [-0.1, -0.05) is 0 Å². The van der Waals surface area contributed by atoms with Crippen molar-refractivity contribution in [1.29, 1.82) is 0 Å². The van der Waals surface area contributed by atoms with Crippen molar-refractivity contribution in [3.63, 3.8) is 0 Å². The fourth-order valence-corrected chi connectivity index (χ4v) is 3.13. The molecule has 2 aliphatic rings. The molecule has 2 saturated heterocycles. The summed E-state index contributed by atoms with van der Waals surface area (Å²) in [6.45, 7) is 5.10. The standard InChI is InChI=1S/C14H20N4O3/c1-10(14(20)21)18-8-11(7-15-18)13(19)17-6-5-16-4-2-3-12(16)9-17/h7-8,10,12H,2-6,9H2,1H3,(H,20,21). The molecule has 7 nitrogen and oxygen atoms in total. The van der Waals surface area contributed by atoms with Crippen molar-refractivity contribution < 1.29 is 14.7 Å². The van der Waals surface area contributed by atoms with E-state index < -0.39 is 12.0 Å². The van der Waals surface area contributed by atoms with E-state index in [0.717, 1.165) is 32.6 Å². The van der Waals surface area contributed by atoms with Gasteiger partial charge in [-0.05, 0) is 26.3 Å². The SMILES string of the molecule is CC(C(=O)O)n1cc(C(=O)N2CCN3CCCC3C2)cn1. The highest BCUT2D eigenvalue weighted by Crippen LogP contribution is 2.22. The van der Waals surface area contributed by atoms with Crippen LogP contribution in [0, 0.1) is 0 Å². The Hall–Kier alpha value is -1.89. The number of piperazine rings is 1. The molecule has 0 saturated carbocycles. The first-order chi connectivity index (χ1) is 10.1. The molecule has 1 amide bonds. The Balaban J connectivity index is 1.69. The second-order valence-corrected chi connectivity index (χ2v) is 5.81. The van der Waals surface area contributed by atoms with Crippen molar-refractivity contribution in [1.82, 2.24) is 19.6 Å². The summed E-state index contributed by atoms with van der Waals surface area (Å²) in [6.07, 6.45) is 5.35. The van der Waals surface area contributed by atoms with Gasteiger partial charge in [0.25, 0.3) is 5.91 Å². The molecule has 2 fully saturated rings. The highest BCUT2D eigenvalue weighted by Gasteiger charge is 2.33. The van der Waals surface area contributed by atoms with Crippen LogP contribution in [0.2, 0.25) is 0 Å². The van der Waals surface area contributed by atoms with Gasteiger partial charge in [0.05, 0.1) is 11.8 Å². The predicted octanol–water partition coefficient (Wildman–Crippen LogP) is 0.449. The monoisotopic (exact) mass is 292 g/mol. The van der Waals surface area contributed by atoms with Gasteiger partial charge >= 0.3 is 5.97 Å². The van der Waals surface area contributed by atoms with Crippen LogP contribution < -0.4 is 0 Å². The number of carboxylic acids is 1. The quantitative estimate of drug-likeness (QED) is 0.875. The summed E-state index contributed by atoms with van der Waals surface area (Å²) in [5, 5.41) is 13.0. The summed E-state index contributed by atoms with van der Waals surface area (Å²) >= 11 is 0. The van der Waals surface area contributed by atoms with E-state index in [0.29, 0.717) is 11.6 Å². The topological polar surface area (TPSA) is 78.7 Å². The summed E-state index contributed by atoms with van der Waals surface area (Å²) in [6, 6.07) is -0.283. The molecule has 0 aromatic carbocycles. The molecular formula is C14H20N4O3. The molecule has 0 aliphatic carbocycles. The van der Waals surface area contributed by atoms with E-state index >= 15 is 0 Å². The summed E-state index contributed by atoms with van der Waals surface area (Å²) in [4.78, 5) is 27.7. The lowest BCUT2D eigenvalue weighted by Gasteiger charge is -2.37. The first kappa shape index (κ1) is 14.1. The lowest BCUT2D eigenvalue weighted by molar-refractivity contribution is -0.140. The average molecular weight is 292 g/mol. The number of carbonyl (C=O) groups excluding carboxylic acids is 1. The minimum atomic E-state index is -0.961. The van der Waals surface area contributed by atoms with Crippen LogP contribution in [0.3, 0.4) is 0 Å². The van der Waals surface area contributed by atoms with Crippen molar-refractivity contribution in [3.8, 4) is 0 Å². The molecule has 3 rings (SSSR count). The first-order valence-corrected chi connectivity index (χ1v) is 7.36. The number of fused-ring (bicyclic) bond motifs is 1. The normalized spacial score (nSPS) is 23.9. The average Bonchev–Trinajstić information content (AvgIpc) is 3.13. The largest absolute Gasteiger partial charge is 0.480 e. The Morgan fingerprint density at radius 3 is 2.95 bits per heavy atom. The highest BCUT2D eigenvalue weighted by atomic mass is 16.4. The van der Waals surface area contributed by atoms with E-state index in [1.165, 1.54) is 23.5 Å². The molecule has 2 aliphatic heterocycles. The zero-order valence-electron chi connectivity index (χ0n) is 12.1. The second-order valence-electron chi connectivity index (χ2n) is 5.81. The number of aliphatic carboxylic acids is 1. The fourth-order valence-electron chi connectivity index (χ4n) is 3.13. The molecule has 2 atom stereocenters. The number of aromatic nitrogens is 2. The van der Waals surface area contributed by atoms with E-state index in [-0.39, 0.29) is 5.91 Å². The second kappa shape index (κ2) is 5.48. The molecule has 1 aromatic heterocycles. The number of rotatable bonds is 3. The molecule has 0 bridgehead atoms. The van der Waals surface area contributed by atoms with E-state index in [1.54, 1.807) is 6.92 Å². The van der Waals surface area contributed by atoms with Gasteiger partial charge in [-0.2, -0.15) is 5.10 Å². The van der Waals surface area contributed by atoms with Crippen molar-refractivity contribution in [2.45, 2.75) is 31.8 Å². The van der Waals surface area contributed by atoms with Gasteiger partial charge in [0.2, 0.25) is 0 Å². The van der Waals surface area contributed by atoms with Crippen molar-refractivity contribution >= 4 is 11.9 Å². The molecule has 0 spiro atoms. The Morgan fingerprint density at radius 1 is 1.38 bits per heavy atom. The van der Waals surface area contributed by atoms with Gasteiger partial charge < -0.3 is 10.0 Å². The van der Waals surface area contributed by atoms with Crippen molar-refractivity contribution in [2.24, 2.45) is 0 Å². The van der Waals surface area contributed by atoms with Crippen LogP contribution in [0.4, 0.5) is 0 Å². The van der Waals surface area contributed by atoms with E-state index in [9.17, 15) is 9.59 Å². The van der Waals surface area contributed by atoms with Crippen molar-refractivity contribution in [3.05, 3.63) is 18.0 Å². The first-order valence-electron chi connectivity index (χ1n) is 7.36. The lowest BCUT2D eigenvalue weighted by atomic mass is 10.1. The number of amides is 1. The minimum Gasteiger partial charge on any atom is -0.480 e. The maximum Gasteiger partial charge on any atom is 0.328 e. The smallest absolute Gasteiger partial charge is 0.328 e. The van der Waals surface area contributed by atoms with Gasteiger partial charge in [-0.15, -0.1) is 0 Å². The number of nitrogens with zero attached hydrogens (tertiary/aromatic N) is 4. The summed E-state index contributed by atoms with van der Waals surface area (Å²) in [5.74, 6) is -1.01. The van der Waals surface area contributed by atoms with Crippen LogP contribution in [0.25, 0.3) is 0 Å². The number of hydrogen-bond donors (Lipinski definition) is 1. The van der Waals surface area contributed by atoms with Crippen LogP contribution in [0.15, 0.2) is 12.4 Å². The molecule has 2 unspecified atom stereocenters. The zero-order chi connectivity index (χ0) is 15.0. The van der Waals surface area contributed by atoms with Gasteiger partial charge in [0.1, 0.15) is 6.04 Å². The third kappa shape index (κ3) is 2.65. The molecule has 21 heavy (non-hydrogen) atoms. The predicted molar refractivity (Wildman–Crippen MR) is 75.1 cm³/mol. The summed E-state index contributed by atoms with van der Waals surface area (Å²) in [5.41, 5.74) is 0.467. The highest BCUT2D eigenvalue weighted by molar-refractivity contribution is 5.94. The van der Waals surface area contributed by atoms with Gasteiger partial charge in [-0.3, -0.25) is 14.4 Å². The van der Waals surface area contributed by atoms with E-state index in [1.807, 2.05) is 4.90 Å². The Kier molecular flexibility index (Phi) is 3.67. The molecule has 0 radical (unpaired) electrons. The van der Waals surface area contributed by atoms with Gasteiger partial charge in [0, 0.05) is 31.9 Å². The molecule has 1 N–H and O–H groups in total. The molecule has 3 heterocycles. The third-order valence-corrected chi connectivity index (χ3v) is 4.48. The molecule has 7 heteroatoms. The van der Waals surface area contributed by atoms with Crippen LogP contribution in [0.1, 0.15) is 36.2 Å². The molecular weight excluding hydrogens is 272 g/mol. The number of carboxylic acid groups (broad SMARTS) is 1. The van der Waals surface area contributed by atoms with E-state index in [2.05, 4.69) is 10.00 Å². The van der Waals surface area contributed by atoms with Crippen LogP contribution in [-0.4, -0.2) is 68.8 Å². The molecule has 114 valence electrons. The van der Waals surface area contributed by atoms with E-state index in [4.69, 9.17) is 5.11 Å². The summed E-state index contributed by atoms with van der Waals surface area (Å²) < 4.78 is 1.32. The molecule has 1 aromatic rings. The van der Waals surface area contributed by atoms with Gasteiger partial charge in [0.15, 0.2) is 0 Å². The maximum absolute atomic E-state index is 12.5. The third-order valence-electron chi connectivity index (χ3n) is 4.48. The van der Waals surface area contributed by atoms with Crippen LogP contribution in [-0.2, 0) is 4.79 Å². The maximum atomic E-state index is 12.5. The number of hydrogen-bond acceptors (Lipinski definition) is 4.